The number of fused-ring (bicyclic) bond motifs is 1. The van der Waals surface area contributed by atoms with Gasteiger partial charge in [0.25, 0.3) is 11.5 Å². The molecule has 10 heteroatoms. The van der Waals surface area contributed by atoms with Gasteiger partial charge in [0.1, 0.15) is 17.6 Å². The van der Waals surface area contributed by atoms with Crippen LogP contribution >= 0.6 is 11.8 Å². The van der Waals surface area contributed by atoms with E-state index < -0.39 is 12.0 Å². The van der Waals surface area contributed by atoms with Gasteiger partial charge in [0.2, 0.25) is 0 Å². The monoisotopic (exact) mass is 543 g/mol. The van der Waals surface area contributed by atoms with Crippen molar-refractivity contribution in [3.8, 4) is 0 Å². The normalized spacial score (nSPS) is 21.4. The number of H-pyrrole nitrogens is 1. The molecule has 5 rings (SSSR count). The van der Waals surface area contributed by atoms with Crippen LogP contribution in [-0.2, 0) is 6.54 Å². The molecule has 2 N–H and O–H groups in total. The number of aryl methyl sites for hydroxylation is 1. The van der Waals surface area contributed by atoms with Crippen molar-refractivity contribution < 1.29 is 13.6 Å². The first-order valence-corrected chi connectivity index (χ1v) is 14.5. The number of nitrogens with zero attached hydrogens (tertiary/aromatic N) is 3. The van der Waals surface area contributed by atoms with Crippen LogP contribution in [0.15, 0.2) is 28.0 Å². The summed E-state index contributed by atoms with van der Waals surface area (Å²) in [6, 6.07) is 3.76. The summed E-state index contributed by atoms with van der Waals surface area (Å²) in [6.45, 7) is 7.00. The topological polar surface area (TPSA) is 83.0 Å². The Labute approximate surface area is 225 Å². The number of alkyl halides is 1. The molecule has 2 fully saturated rings. The molecule has 1 saturated carbocycles. The number of thioether (sulfide) groups is 1. The van der Waals surface area contributed by atoms with Gasteiger partial charge in [-0.05, 0) is 70.8 Å². The highest BCUT2D eigenvalue weighted by molar-refractivity contribution is 7.98. The highest BCUT2D eigenvalue weighted by atomic mass is 32.2. The third-order valence-electron chi connectivity index (χ3n) is 8.37. The average Bonchev–Trinajstić information content (AvgIpc) is 3.16. The summed E-state index contributed by atoms with van der Waals surface area (Å²) in [5.74, 6) is -0.488. The number of hydrogen-bond acceptors (Lipinski definition) is 5. The van der Waals surface area contributed by atoms with Gasteiger partial charge in [-0.3, -0.25) is 14.5 Å². The van der Waals surface area contributed by atoms with E-state index in [-0.39, 0.29) is 24.1 Å². The minimum Gasteiger partial charge on any atom is -0.348 e. The molecule has 7 nitrogen and oxygen atoms in total. The lowest BCUT2D eigenvalue weighted by Gasteiger charge is -2.44. The van der Waals surface area contributed by atoms with Crippen LogP contribution in [0.1, 0.15) is 66.0 Å². The SMILES string of the molecule is CSc1cc(C)[nH]c(=O)c1CNC(=O)c1c(C)n([C@H](C)C2CCC(N3CC(F)C3)CC2)c2ncc(F)cc12. The van der Waals surface area contributed by atoms with Crippen LogP contribution in [0.25, 0.3) is 11.0 Å². The zero-order chi connectivity index (χ0) is 27.1. The predicted octanol–water partition coefficient (Wildman–Crippen LogP) is 4.91. The molecule has 0 unspecified atom stereocenters. The Kier molecular flexibility index (Phi) is 7.64. The minimum atomic E-state index is -0.687. The van der Waals surface area contributed by atoms with E-state index in [4.69, 9.17) is 0 Å². The number of halogens is 2. The van der Waals surface area contributed by atoms with Gasteiger partial charge in [0.05, 0.1) is 11.8 Å². The number of hydrogen-bond donors (Lipinski definition) is 2. The molecule has 2 aliphatic rings. The van der Waals surface area contributed by atoms with E-state index in [0.717, 1.165) is 42.0 Å². The molecule has 1 aliphatic carbocycles. The quantitative estimate of drug-likeness (QED) is 0.414. The maximum atomic E-state index is 14.3. The smallest absolute Gasteiger partial charge is 0.254 e. The number of nitrogens with one attached hydrogen (secondary N) is 2. The minimum absolute atomic E-state index is 0.0614. The summed E-state index contributed by atoms with van der Waals surface area (Å²) in [6.07, 6.45) is 6.47. The maximum Gasteiger partial charge on any atom is 0.254 e. The van der Waals surface area contributed by atoms with E-state index in [2.05, 4.69) is 31.7 Å². The van der Waals surface area contributed by atoms with Gasteiger partial charge in [0.15, 0.2) is 0 Å². The molecule has 0 aromatic carbocycles. The Hall–Kier alpha value is -2.72. The van der Waals surface area contributed by atoms with Crippen LogP contribution in [0.4, 0.5) is 8.78 Å². The second kappa shape index (κ2) is 10.8. The summed E-state index contributed by atoms with van der Waals surface area (Å²) < 4.78 is 29.7. The van der Waals surface area contributed by atoms with Crippen molar-refractivity contribution in [3.63, 3.8) is 0 Å². The van der Waals surface area contributed by atoms with E-state index in [9.17, 15) is 18.4 Å². The molecule has 1 aliphatic heterocycles. The molecule has 0 radical (unpaired) electrons. The van der Waals surface area contributed by atoms with E-state index in [1.165, 1.54) is 24.0 Å². The van der Waals surface area contributed by atoms with Crippen molar-refractivity contribution in [2.45, 2.75) is 76.2 Å². The van der Waals surface area contributed by atoms with Crippen molar-refractivity contribution >= 4 is 28.7 Å². The molecule has 0 bridgehead atoms. The van der Waals surface area contributed by atoms with Gasteiger partial charge >= 0.3 is 0 Å². The van der Waals surface area contributed by atoms with Gasteiger partial charge in [-0.1, -0.05) is 0 Å². The second-order valence-corrected chi connectivity index (χ2v) is 11.6. The fourth-order valence-electron chi connectivity index (χ4n) is 6.27. The summed E-state index contributed by atoms with van der Waals surface area (Å²) in [5.41, 5.74) is 2.73. The average molecular weight is 544 g/mol. The predicted molar refractivity (Wildman–Crippen MR) is 146 cm³/mol. The molecule has 0 spiro atoms. The zero-order valence-corrected chi connectivity index (χ0v) is 23.1. The molecule has 204 valence electrons. The lowest BCUT2D eigenvalue weighted by Crippen LogP contribution is -2.54. The van der Waals surface area contributed by atoms with Crippen LogP contribution in [0.2, 0.25) is 0 Å². The first-order chi connectivity index (χ1) is 18.2. The summed E-state index contributed by atoms with van der Waals surface area (Å²) >= 11 is 1.45. The third-order valence-corrected chi connectivity index (χ3v) is 9.17. The molecule has 1 atom stereocenters. The fraction of sp³-hybridized carbons (Fsp3) is 0.536. The number of carbonyl (C=O) groups excluding carboxylic acids is 1. The molecule has 1 amide bonds. The Morgan fingerprint density at radius 1 is 1.24 bits per heavy atom. The van der Waals surface area contributed by atoms with Crippen molar-refractivity contribution in [1.29, 1.82) is 0 Å². The van der Waals surface area contributed by atoms with Crippen molar-refractivity contribution in [2.24, 2.45) is 5.92 Å². The molecule has 38 heavy (non-hydrogen) atoms. The third kappa shape index (κ3) is 5.00. The molecule has 3 aromatic rings. The van der Waals surface area contributed by atoms with E-state index >= 15 is 0 Å². The summed E-state index contributed by atoms with van der Waals surface area (Å²) in [5, 5.41) is 3.37. The largest absolute Gasteiger partial charge is 0.348 e. The number of amides is 1. The van der Waals surface area contributed by atoms with E-state index in [1.54, 1.807) is 0 Å². The Morgan fingerprint density at radius 3 is 2.61 bits per heavy atom. The highest BCUT2D eigenvalue weighted by Gasteiger charge is 2.36. The molecular formula is C28H35F2N5O2S. The molecule has 3 aromatic heterocycles. The van der Waals surface area contributed by atoms with Gasteiger partial charge in [-0.25, -0.2) is 13.8 Å². The lowest BCUT2D eigenvalue weighted by molar-refractivity contribution is 0.00541. The Bertz CT molecular complexity index is 1410. The number of carbonyl (C=O) groups is 1. The van der Waals surface area contributed by atoms with Crippen LogP contribution in [0.5, 0.6) is 0 Å². The summed E-state index contributed by atoms with van der Waals surface area (Å²) in [7, 11) is 0. The lowest BCUT2D eigenvalue weighted by atomic mass is 9.80. The first-order valence-electron chi connectivity index (χ1n) is 13.3. The second-order valence-electron chi connectivity index (χ2n) is 10.7. The van der Waals surface area contributed by atoms with Crippen LogP contribution in [0.3, 0.4) is 0 Å². The van der Waals surface area contributed by atoms with Crippen LogP contribution < -0.4 is 10.9 Å². The van der Waals surface area contributed by atoms with Crippen LogP contribution in [0, 0.1) is 25.6 Å². The van der Waals surface area contributed by atoms with Gasteiger partial charge in [0, 0.05) is 59.0 Å². The molecule has 1 saturated heterocycles. The summed E-state index contributed by atoms with van der Waals surface area (Å²) in [4.78, 5) is 36.3. The number of aromatic nitrogens is 3. The fourth-order valence-corrected chi connectivity index (χ4v) is 6.98. The van der Waals surface area contributed by atoms with Crippen molar-refractivity contribution in [3.05, 3.63) is 57.0 Å². The van der Waals surface area contributed by atoms with E-state index in [0.29, 0.717) is 47.2 Å². The number of aromatic amines is 1. The van der Waals surface area contributed by atoms with Crippen molar-refractivity contribution in [1.82, 2.24) is 24.8 Å². The van der Waals surface area contributed by atoms with Gasteiger partial charge in [-0.2, -0.15) is 0 Å². The van der Waals surface area contributed by atoms with Gasteiger partial charge in [-0.15, -0.1) is 11.8 Å². The van der Waals surface area contributed by atoms with Crippen LogP contribution in [-0.4, -0.2) is 56.9 Å². The number of rotatable bonds is 7. The molecular weight excluding hydrogens is 508 g/mol. The van der Waals surface area contributed by atoms with E-state index in [1.807, 2.05) is 26.2 Å². The first kappa shape index (κ1) is 26.9. The highest BCUT2D eigenvalue weighted by Crippen LogP contribution is 2.39. The maximum absolute atomic E-state index is 14.3. The van der Waals surface area contributed by atoms with Gasteiger partial charge < -0.3 is 14.9 Å². The molecule has 4 heterocycles. The Morgan fingerprint density at radius 2 is 1.95 bits per heavy atom. The van der Waals surface area contributed by atoms with Crippen molar-refractivity contribution in [2.75, 3.05) is 19.3 Å². The standard InChI is InChI=1S/C28H35F2N5O2S/c1-15-9-24(38-4)23(27(36)33-15)12-32-28(37)25-17(3)35(26-22(25)10-19(29)11-31-26)16(2)18-5-7-21(8-6-18)34-13-20(30)14-34/h9-11,16,18,20-21H,5-8,12-14H2,1-4H3,(H,32,37)(H,33,36)/t16-,18?,21?/m1/s1. The number of likely N-dealkylation sites (tertiary alicyclic amines) is 1. The zero-order valence-electron chi connectivity index (χ0n) is 22.3. The Balaban J connectivity index is 1.40. The number of pyridine rings is 2.